The number of nitrogens with zero attached hydrogens (tertiary/aromatic N) is 1. The first-order valence-corrected chi connectivity index (χ1v) is 12.0. The Morgan fingerprint density at radius 3 is 2.25 bits per heavy atom. The van der Waals surface area contributed by atoms with Gasteiger partial charge in [0.15, 0.2) is 0 Å². The molecule has 0 aromatic carbocycles. The lowest BCUT2D eigenvalue weighted by Gasteiger charge is -2.46. The summed E-state index contributed by atoms with van der Waals surface area (Å²) in [6.07, 6.45) is 3.13. The molecule has 9 heteroatoms. The summed E-state index contributed by atoms with van der Waals surface area (Å²) in [7, 11) is -1.76. The molecule has 4 atom stereocenters. The highest BCUT2D eigenvalue weighted by Crippen LogP contribution is 2.53. The Bertz CT molecular complexity index is 575. The second-order valence-electron chi connectivity index (χ2n) is 7.45. The maximum atomic E-state index is 12.9. The molecule has 28 heavy (non-hydrogen) atoms. The van der Waals surface area contributed by atoms with Gasteiger partial charge in [-0.3, -0.25) is 9.46 Å². The molecule has 0 aromatic rings. The standard InChI is InChI=1S/C19H34NO7P/c1-5-25-18(21)17-11-16-10-14(13-28(23,26-6-2)27-7-3)8-9-15(16)12-20(17)19(22)24-4/h14-17H,5-13H2,1-4H3/t14-,15-,16+,17-/m0/s1. The first-order chi connectivity index (χ1) is 13.4. The van der Waals surface area contributed by atoms with Crippen LogP contribution in [0.2, 0.25) is 0 Å². The van der Waals surface area contributed by atoms with Gasteiger partial charge in [0.05, 0.1) is 33.1 Å². The summed E-state index contributed by atoms with van der Waals surface area (Å²) in [6, 6.07) is -0.627. The number of methoxy groups -OCH3 is 1. The molecule has 2 rings (SSSR count). The molecule has 1 saturated heterocycles. The molecular formula is C19H34NO7P. The van der Waals surface area contributed by atoms with Crippen molar-refractivity contribution in [2.75, 3.05) is 39.6 Å². The third-order valence-electron chi connectivity index (χ3n) is 5.68. The fourth-order valence-electron chi connectivity index (χ4n) is 4.55. The van der Waals surface area contributed by atoms with Gasteiger partial charge >= 0.3 is 19.7 Å². The topological polar surface area (TPSA) is 91.4 Å². The van der Waals surface area contributed by atoms with Gasteiger partial charge in [0.1, 0.15) is 6.04 Å². The van der Waals surface area contributed by atoms with Gasteiger partial charge in [0.25, 0.3) is 0 Å². The molecule has 0 aromatic heterocycles. The van der Waals surface area contributed by atoms with E-state index in [4.69, 9.17) is 18.5 Å². The molecule has 0 spiro atoms. The fourth-order valence-corrected chi connectivity index (χ4v) is 6.58. The first-order valence-electron chi connectivity index (χ1n) is 10.3. The van der Waals surface area contributed by atoms with Crippen molar-refractivity contribution in [3.8, 4) is 0 Å². The van der Waals surface area contributed by atoms with E-state index in [9.17, 15) is 14.2 Å². The smallest absolute Gasteiger partial charge is 0.410 e. The highest BCUT2D eigenvalue weighted by molar-refractivity contribution is 7.53. The molecule has 0 N–H and O–H groups in total. The molecule has 1 aliphatic heterocycles. The van der Waals surface area contributed by atoms with Crippen molar-refractivity contribution >= 4 is 19.7 Å². The molecule has 2 aliphatic rings. The monoisotopic (exact) mass is 419 g/mol. The zero-order valence-electron chi connectivity index (χ0n) is 17.4. The summed E-state index contributed by atoms with van der Waals surface area (Å²) in [5.41, 5.74) is 0. The third-order valence-corrected chi connectivity index (χ3v) is 7.95. The Labute approximate surface area is 167 Å². The van der Waals surface area contributed by atoms with Gasteiger partial charge < -0.3 is 18.5 Å². The zero-order chi connectivity index (χ0) is 20.7. The summed E-state index contributed by atoms with van der Waals surface area (Å²) < 4.78 is 33.9. The highest BCUT2D eigenvalue weighted by atomic mass is 31.2. The molecule has 1 aliphatic carbocycles. The van der Waals surface area contributed by atoms with Crippen LogP contribution < -0.4 is 0 Å². The van der Waals surface area contributed by atoms with Crippen LogP contribution in [0.5, 0.6) is 0 Å². The number of likely N-dealkylation sites (tertiary alicyclic amines) is 1. The molecule has 0 radical (unpaired) electrons. The maximum Gasteiger partial charge on any atom is 0.410 e. The molecule has 8 nitrogen and oxygen atoms in total. The average Bonchev–Trinajstić information content (AvgIpc) is 2.66. The number of carbonyl (C=O) groups is 2. The zero-order valence-corrected chi connectivity index (χ0v) is 18.3. The van der Waals surface area contributed by atoms with Crippen LogP contribution in [0, 0.1) is 17.8 Å². The van der Waals surface area contributed by atoms with E-state index in [0.29, 0.717) is 38.3 Å². The Morgan fingerprint density at radius 2 is 1.68 bits per heavy atom. The van der Waals surface area contributed by atoms with Gasteiger partial charge in [0.2, 0.25) is 0 Å². The summed E-state index contributed by atoms with van der Waals surface area (Å²) in [6.45, 7) is 6.85. The van der Waals surface area contributed by atoms with Crippen molar-refractivity contribution in [3.63, 3.8) is 0 Å². The molecular weight excluding hydrogens is 385 g/mol. The number of rotatable bonds is 8. The van der Waals surface area contributed by atoms with Gasteiger partial charge in [-0.1, -0.05) is 0 Å². The van der Waals surface area contributed by atoms with Crippen LogP contribution in [0.3, 0.4) is 0 Å². The normalized spacial score (nSPS) is 27.8. The number of esters is 1. The maximum absolute atomic E-state index is 12.9. The van der Waals surface area contributed by atoms with Gasteiger partial charge in [-0.25, -0.2) is 9.59 Å². The van der Waals surface area contributed by atoms with E-state index in [2.05, 4.69) is 0 Å². The number of hydrogen-bond donors (Lipinski definition) is 0. The van der Waals surface area contributed by atoms with Crippen molar-refractivity contribution in [2.45, 2.75) is 52.5 Å². The number of amides is 1. The summed E-state index contributed by atoms with van der Waals surface area (Å²) >= 11 is 0. The molecule has 2 fully saturated rings. The summed E-state index contributed by atoms with van der Waals surface area (Å²) in [4.78, 5) is 26.1. The number of piperidine rings is 1. The molecule has 1 heterocycles. The van der Waals surface area contributed by atoms with Gasteiger partial charge in [-0.2, -0.15) is 0 Å². The molecule has 1 saturated carbocycles. The Morgan fingerprint density at radius 1 is 1.00 bits per heavy atom. The van der Waals surface area contributed by atoms with Crippen LogP contribution in [0.25, 0.3) is 0 Å². The summed E-state index contributed by atoms with van der Waals surface area (Å²) in [5.74, 6) is 0.408. The van der Waals surface area contributed by atoms with Crippen LogP contribution >= 0.6 is 7.60 Å². The van der Waals surface area contributed by atoms with Crippen LogP contribution in [0.4, 0.5) is 4.79 Å². The number of fused-ring (bicyclic) bond motifs is 1. The lowest BCUT2D eigenvalue weighted by Crippen LogP contribution is -2.55. The van der Waals surface area contributed by atoms with Crippen LogP contribution in [0.1, 0.15) is 46.5 Å². The van der Waals surface area contributed by atoms with Crippen molar-refractivity contribution in [2.24, 2.45) is 17.8 Å². The van der Waals surface area contributed by atoms with Gasteiger partial charge in [-0.15, -0.1) is 0 Å². The minimum atomic E-state index is -3.09. The van der Waals surface area contributed by atoms with Gasteiger partial charge in [-0.05, 0) is 64.2 Å². The number of hydrogen-bond acceptors (Lipinski definition) is 7. The van der Waals surface area contributed by atoms with E-state index in [1.54, 1.807) is 6.92 Å². The predicted octanol–water partition coefficient (Wildman–Crippen LogP) is 3.69. The quantitative estimate of drug-likeness (QED) is 0.438. The van der Waals surface area contributed by atoms with E-state index in [0.717, 1.165) is 19.3 Å². The van der Waals surface area contributed by atoms with Crippen LogP contribution in [0.15, 0.2) is 0 Å². The van der Waals surface area contributed by atoms with Crippen LogP contribution in [-0.2, 0) is 27.9 Å². The van der Waals surface area contributed by atoms with Crippen molar-refractivity contribution in [1.29, 1.82) is 0 Å². The molecule has 162 valence electrons. The van der Waals surface area contributed by atoms with Crippen molar-refractivity contribution in [3.05, 3.63) is 0 Å². The molecule has 0 bridgehead atoms. The Kier molecular flexibility index (Phi) is 8.78. The minimum Gasteiger partial charge on any atom is -0.464 e. The minimum absolute atomic E-state index is 0.220. The van der Waals surface area contributed by atoms with Crippen LogP contribution in [-0.4, -0.2) is 62.6 Å². The summed E-state index contributed by atoms with van der Waals surface area (Å²) in [5, 5.41) is 0. The lowest BCUT2D eigenvalue weighted by atomic mass is 9.69. The number of ether oxygens (including phenoxy) is 2. The van der Waals surface area contributed by atoms with Crippen molar-refractivity contribution in [1.82, 2.24) is 4.90 Å². The predicted molar refractivity (Wildman–Crippen MR) is 104 cm³/mol. The first kappa shape index (κ1) is 23.2. The Balaban J connectivity index is 2.08. The van der Waals surface area contributed by atoms with E-state index in [1.807, 2.05) is 13.8 Å². The van der Waals surface area contributed by atoms with E-state index < -0.39 is 19.7 Å². The average molecular weight is 419 g/mol. The van der Waals surface area contributed by atoms with E-state index >= 15 is 0 Å². The lowest BCUT2D eigenvalue weighted by molar-refractivity contribution is -0.152. The van der Waals surface area contributed by atoms with E-state index in [1.165, 1.54) is 12.0 Å². The third kappa shape index (κ3) is 5.71. The van der Waals surface area contributed by atoms with Crippen molar-refractivity contribution < 1.29 is 32.7 Å². The Hall–Kier alpha value is -1.11. The molecule has 1 amide bonds. The van der Waals surface area contributed by atoms with Gasteiger partial charge in [0, 0.05) is 6.54 Å². The highest BCUT2D eigenvalue weighted by Gasteiger charge is 2.45. The second-order valence-corrected chi connectivity index (χ2v) is 9.56. The number of carbonyl (C=O) groups excluding carboxylic acids is 2. The SMILES string of the molecule is CCOC(=O)[C@@H]1C[C@H]2C[C@@H](CP(=O)(OCC)OCC)CC[C@H]2CN1C(=O)OC. The largest absolute Gasteiger partial charge is 0.464 e. The molecule has 0 unspecified atom stereocenters. The second kappa shape index (κ2) is 10.6. The van der Waals surface area contributed by atoms with E-state index in [-0.39, 0.29) is 24.4 Å². The fraction of sp³-hybridized carbons (Fsp3) is 0.895.